The summed E-state index contributed by atoms with van der Waals surface area (Å²) in [5.41, 5.74) is 0.735. The van der Waals surface area contributed by atoms with E-state index in [4.69, 9.17) is 21.1 Å². The quantitative estimate of drug-likeness (QED) is 0.852. The minimum absolute atomic E-state index is 0.227. The first-order valence-corrected chi connectivity index (χ1v) is 7.85. The molecule has 2 aromatic rings. The van der Waals surface area contributed by atoms with Crippen LogP contribution >= 0.6 is 11.6 Å². The van der Waals surface area contributed by atoms with Gasteiger partial charge in [-0.05, 0) is 12.1 Å². The Hall–Kier alpha value is -2.01. The molecular formula is C17H18ClFN2O2. The number of rotatable bonds is 4. The third kappa shape index (κ3) is 3.67. The molecule has 3 rings (SSSR count). The first-order valence-electron chi connectivity index (χ1n) is 7.47. The van der Waals surface area contributed by atoms with Crippen LogP contribution in [-0.4, -0.2) is 37.5 Å². The van der Waals surface area contributed by atoms with E-state index < -0.39 is 12.3 Å². The molecular weight excluding hydrogens is 319 g/mol. The number of para-hydroxylation sites is 1. The number of aromatic nitrogens is 1. The number of halogens is 2. The molecule has 1 aromatic heterocycles. The van der Waals surface area contributed by atoms with Crippen LogP contribution < -0.4 is 14.4 Å². The Morgan fingerprint density at radius 3 is 2.78 bits per heavy atom. The summed E-state index contributed by atoms with van der Waals surface area (Å²) in [6, 6.07) is 11.1. The van der Waals surface area contributed by atoms with Crippen LogP contribution in [0.25, 0.3) is 0 Å². The van der Waals surface area contributed by atoms with Gasteiger partial charge in [0.1, 0.15) is 11.9 Å². The largest absolute Gasteiger partial charge is 0.487 e. The highest BCUT2D eigenvalue weighted by molar-refractivity contribution is 6.33. The van der Waals surface area contributed by atoms with E-state index in [0.717, 1.165) is 5.69 Å². The average molecular weight is 337 g/mol. The molecule has 23 heavy (non-hydrogen) atoms. The molecule has 1 aromatic carbocycles. The van der Waals surface area contributed by atoms with Gasteiger partial charge in [-0.1, -0.05) is 29.8 Å². The summed E-state index contributed by atoms with van der Waals surface area (Å²) in [6.07, 6.45) is 0.558. The standard InChI is InChI=1S/C17H18ClFN2O2/c1-22-17-9-15(13(18)10-20-17)21-8-7-16(14(19)11-21)23-12-5-3-2-4-6-12/h2-6,9-10,14,16H,7-8,11H2,1H3. The lowest BCUT2D eigenvalue weighted by molar-refractivity contribution is 0.0821. The van der Waals surface area contributed by atoms with Gasteiger partial charge >= 0.3 is 0 Å². The van der Waals surface area contributed by atoms with Gasteiger partial charge in [-0.25, -0.2) is 9.37 Å². The average Bonchev–Trinajstić information content (AvgIpc) is 2.58. The monoisotopic (exact) mass is 336 g/mol. The van der Waals surface area contributed by atoms with Crippen molar-refractivity contribution in [2.24, 2.45) is 0 Å². The number of anilines is 1. The third-order valence-electron chi connectivity index (χ3n) is 3.87. The second-order valence-corrected chi connectivity index (χ2v) is 5.81. The number of pyridine rings is 1. The maximum absolute atomic E-state index is 14.5. The zero-order valence-corrected chi connectivity index (χ0v) is 13.5. The molecule has 0 bridgehead atoms. The van der Waals surface area contributed by atoms with Crippen LogP contribution in [0.4, 0.5) is 10.1 Å². The van der Waals surface area contributed by atoms with E-state index in [0.29, 0.717) is 29.6 Å². The van der Waals surface area contributed by atoms with Crippen molar-refractivity contribution < 1.29 is 13.9 Å². The van der Waals surface area contributed by atoms with Crippen LogP contribution in [0.1, 0.15) is 6.42 Å². The molecule has 1 aliphatic heterocycles. The second kappa shape index (κ2) is 7.04. The highest BCUT2D eigenvalue weighted by Crippen LogP contribution is 2.31. The van der Waals surface area contributed by atoms with Crippen LogP contribution in [0.2, 0.25) is 5.02 Å². The molecule has 0 aliphatic carbocycles. The van der Waals surface area contributed by atoms with Crippen molar-refractivity contribution in [3.05, 3.63) is 47.6 Å². The molecule has 2 heterocycles. The van der Waals surface area contributed by atoms with Crippen LogP contribution in [0.3, 0.4) is 0 Å². The number of alkyl halides is 1. The van der Waals surface area contributed by atoms with Crippen molar-refractivity contribution in [3.8, 4) is 11.6 Å². The number of hydrogen-bond acceptors (Lipinski definition) is 4. The lowest BCUT2D eigenvalue weighted by atomic mass is 10.1. The molecule has 1 saturated heterocycles. The van der Waals surface area contributed by atoms with Gasteiger partial charge < -0.3 is 14.4 Å². The van der Waals surface area contributed by atoms with Gasteiger partial charge in [0.2, 0.25) is 5.88 Å². The molecule has 2 atom stereocenters. The van der Waals surface area contributed by atoms with Gasteiger partial charge in [0, 0.05) is 19.0 Å². The molecule has 6 heteroatoms. The minimum Gasteiger partial charge on any atom is -0.487 e. The molecule has 2 unspecified atom stereocenters. The maximum atomic E-state index is 14.5. The predicted molar refractivity (Wildman–Crippen MR) is 88.4 cm³/mol. The summed E-state index contributed by atoms with van der Waals surface area (Å²) in [4.78, 5) is 5.95. The first kappa shape index (κ1) is 15.9. The SMILES string of the molecule is COc1cc(N2CCC(Oc3ccccc3)C(F)C2)c(Cl)cn1. The van der Waals surface area contributed by atoms with Gasteiger partial charge in [0.15, 0.2) is 6.17 Å². The van der Waals surface area contributed by atoms with E-state index in [9.17, 15) is 4.39 Å². The van der Waals surface area contributed by atoms with E-state index in [1.165, 1.54) is 13.3 Å². The number of hydrogen-bond donors (Lipinski definition) is 0. The summed E-state index contributed by atoms with van der Waals surface area (Å²) in [5, 5.41) is 0.487. The molecule has 4 nitrogen and oxygen atoms in total. The molecule has 1 aliphatic rings. The van der Waals surface area contributed by atoms with Crippen LogP contribution in [-0.2, 0) is 0 Å². The molecule has 0 amide bonds. The number of methoxy groups -OCH3 is 1. The fourth-order valence-corrected chi connectivity index (χ4v) is 2.90. The van der Waals surface area contributed by atoms with E-state index >= 15 is 0 Å². The molecule has 0 radical (unpaired) electrons. The Balaban J connectivity index is 1.69. The number of benzene rings is 1. The lowest BCUT2D eigenvalue weighted by Crippen LogP contribution is -2.47. The molecule has 122 valence electrons. The van der Waals surface area contributed by atoms with E-state index in [-0.39, 0.29) is 6.54 Å². The second-order valence-electron chi connectivity index (χ2n) is 5.40. The molecule has 0 N–H and O–H groups in total. The fraction of sp³-hybridized carbons (Fsp3) is 0.353. The zero-order valence-electron chi connectivity index (χ0n) is 12.8. The fourth-order valence-electron chi connectivity index (χ4n) is 2.67. The van der Waals surface area contributed by atoms with Crippen molar-refractivity contribution in [3.63, 3.8) is 0 Å². The summed E-state index contributed by atoms with van der Waals surface area (Å²) in [5.74, 6) is 1.15. The van der Waals surface area contributed by atoms with E-state index in [1.54, 1.807) is 6.07 Å². The van der Waals surface area contributed by atoms with Crippen LogP contribution in [0, 0.1) is 0 Å². The Labute approximate surface area is 139 Å². The Morgan fingerprint density at radius 2 is 2.09 bits per heavy atom. The number of nitrogens with zero attached hydrogens (tertiary/aromatic N) is 2. The Morgan fingerprint density at radius 1 is 1.30 bits per heavy atom. The van der Waals surface area contributed by atoms with Crippen molar-refractivity contribution in [2.45, 2.75) is 18.7 Å². The molecule has 0 spiro atoms. The third-order valence-corrected chi connectivity index (χ3v) is 4.16. The van der Waals surface area contributed by atoms with Gasteiger partial charge in [-0.2, -0.15) is 0 Å². The van der Waals surface area contributed by atoms with E-state index in [2.05, 4.69) is 4.98 Å². The topological polar surface area (TPSA) is 34.6 Å². The Kier molecular flexibility index (Phi) is 4.86. The summed E-state index contributed by atoms with van der Waals surface area (Å²) >= 11 is 6.19. The smallest absolute Gasteiger partial charge is 0.215 e. The van der Waals surface area contributed by atoms with E-state index in [1.807, 2.05) is 35.2 Å². The number of piperidine rings is 1. The van der Waals surface area contributed by atoms with Crippen molar-refractivity contribution in [2.75, 3.05) is 25.1 Å². The lowest BCUT2D eigenvalue weighted by Gasteiger charge is -2.36. The molecule has 0 saturated carbocycles. The number of ether oxygens (including phenoxy) is 2. The van der Waals surface area contributed by atoms with Crippen molar-refractivity contribution in [1.29, 1.82) is 0 Å². The van der Waals surface area contributed by atoms with Gasteiger partial charge in [0.25, 0.3) is 0 Å². The van der Waals surface area contributed by atoms with Gasteiger partial charge in [-0.3, -0.25) is 0 Å². The van der Waals surface area contributed by atoms with Crippen LogP contribution in [0.5, 0.6) is 11.6 Å². The first-order chi connectivity index (χ1) is 11.2. The minimum atomic E-state index is -1.10. The van der Waals surface area contributed by atoms with Gasteiger partial charge in [-0.15, -0.1) is 0 Å². The predicted octanol–water partition coefficient (Wildman–Crippen LogP) is 3.74. The van der Waals surface area contributed by atoms with Crippen molar-refractivity contribution >= 4 is 17.3 Å². The highest BCUT2D eigenvalue weighted by atomic mass is 35.5. The maximum Gasteiger partial charge on any atom is 0.215 e. The normalized spacial score (nSPS) is 21.1. The van der Waals surface area contributed by atoms with Crippen molar-refractivity contribution in [1.82, 2.24) is 4.98 Å². The highest BCUT2D eigenvalue weighted by Gasteiger charge is 2.32. The summed E-state index contributed by atoms with van der Waals surface area (Å²) < 4.78 is 25.4. The summed E-state index contributed by atoms with van der Waals surface area (Å²) in [7, 11) is 1.54. The Bertz CT molecular complexity index is 656. The summed E-state index contributed by atoms with van der Waals surface area (Å²) in [6.45, 7) is 0.884. The van der Waals surface area contributed by atoms with Crippen LogP contribution in [0.15, 0.2) is 42.6 Å². The molecule has 1 fully saturated rings. The zero-order chi connectivity index (χ0) is 16.2. The van der Waals surface area contributed by atoms with Gasteiger partial charge in [0.05, 0.1) is 30.6 Å².